The smallest absolute Gasteiger partial charge is 0.246 e. The monoisotopic (exact) mass is 342 g/mol. The van der Waals surface area contributed by atoms with E-state index in [0.717, 1.165) is 5.56 Å². The fraction of sp³-hybridized carbons (Fsp3) is 0.500. The first-order valence-corrected chi connectivity index (χ1v) is 8.90. The number of sulfone groups is 1. The highest BCUT2D eigenvalue weighted by Crippen LogP contribution is 2.37. The van der Waals surface area contributed by atoms with Crippen LogP contribution in [0.4, 0.5) is 0 Å². The molecule has 2 N–H and O–H groups in total. The lowest BCUT2D eigenvalue weighted by atomic mass is 10.1. The molecule has 19 heavy (non-hydrogen) atoms. The van der Waals surface area contributed by atoms with E-state index >= 15 is 0 Å². The van der Waals surface area contributed by atoms with Crippen molar-refractivity contribution in [2.45, 2.75) is 22.3 Å². The van der Waals surface area contributed by atoms with Crippen LogP contribution in [0.3, 0.4) is 0 Å². The molecule has 1 aromatic rings. The molecule has 0 radical (unpaired) electrons. The van der Waals surface area contributed by atoms with Gasteiger partial charge in [0, 0.05) is 12.0 Å². The van der Waals surface area contributed by atoms with Crippen LogP contribution in [0.25, 0.3) is 0 Å². The molecule has 0 unspecified atom stereocenters. The first-order valence-electron chi connectivity index (χ1n) is 5.95. The van der Waals surface area contributed by atoms with E-state index in [4.69, 9.17) is 34.8 Å². The van der Waals surface area contributed by atoms with Crippen LogP contribution in [0, 0.1) is 0 Å². The van der Waals surface area contributed by atoms with Crippen LogP contribution in [-0.2, 0) is 9.84 Å². The van der Waals surface area contributed by atoms with Crippen molar-refractivity contribution in [3.8, 4) is 0 Å². The molecular weight excluding hydrogens is 329 g/mol. The third-order valence-electron chi connectivity index (χ3n) is 3.24. The third-order valence-corrected chi connectivity index (χ3v) is 5.74. The molecule has 2 atom stereocenters. The van der Waals surface area contributed by atoms with Crippen LogP contribution >= 0.6 is 34.8 Å². The van der Waals surface area contributed by atoms with Crippen molar-refractivity contribution in [3.05, 3.63) is 35.9 Å². The van der Waals surface area contributed by atoms with Gasteiger partial charge in [-0.3, -0.25) is 0 Å². The highest BCUT2D eigenvalue weighted by atomic mass is 35.6. The molecule has 1 aromatic carbocycles. The van der Waals surface area contributed by atoms with Gasteiger partial charge in [0.15, 0.2) is 15.9 Å². The van der Waals surface area contributed by atoms with Crippen LogP contribution < -0.4 is 5.32 Å². The highest BCUT2D eigenvalue weighted by Gasteiger charge is 2.41. The first kappa shape index (κ1) is 15.4. The van der Waals surface area contributed by atoms with Gasteiger partial charge in [0.05, 0.1) is 5.75 Å². The lowest BCUT2D eigenvalue weighted by Gasteiger charge is -2.25. The SMILES string of the molecule is O=S1(=O)CC[C@H]([NH2+][C@@H](c2ccccc2)C(Cl)(Cl)Cl)C1. The van der Waals surface area contributed by atoms with E-state index in [2.05, 4.69) is 0 Å². The van der Waals surface area contributed by atoms with Gasteiger partial charge in [0.1, 0.15) is 11.8 Å². The molecule has 0 amide bonds. The molecular formula is C12H15Cl3NO2S+. The summed E-state index contributed by atoms with van der Waals surface area (Å²) >= 11 is 18.1. The van der Waals surface area contributed by atoms with Crippen molar-refractivity contribution in [1.82, 2.24) is 0 Å². The quantitative estimate of drug-likeness (QED) is 0.852. The van der Waals surface area contributed by atoms with Crippen molar-refractivity contribution >= 4 is 44.6 Å². The summed E-state index contributed by atoms with van der Waals surface area (Å²) < 4.78 is 21.5. The van der Waals surface area contributed by atoms with Gasteiger partial charge in [-0.1, -0.05) is 65.1 Å². The maximum Gasteiger partial charge on any atom is 0.246 e. The Kier molecular flexibility index (Phi) is 4.68. The molecule has 0 saturated carbocycles. The minimum Gasteiger partial charge on any atom is -0.333 e. The number of nitrogens with two attached hydrogens (primary N) is 1. The second-order valence-electron chi connectivity index (χ2n) is 4.79. The Balaban J connectivity index is 2.17. The van der Waals surface area contributed by atoms with Gasteiger partial charge in [0.2, 0.25) is 3.79 Å². The average Bonchev–Trinajstić information content (AvgIpc) is 2.65. The van der Waals surface area contributed by atoms with Gasteiger partial charge in [-0.2, -0.15) is 0 Å². The molecule has 0 bridgehead atoms. The van der Waals surface area contributed by atoms with Crippen molar-refractivity contribution in [3.63, 3.8) is 0 Å². The number of hydrogen-bond acceptors (Lipinski definition) is 2. The molecule has 1 aliphatic heterocycles. The van der Waals surface area contributed by atoms with Crippen LogP contribution in [0.5, 0.6) is 0 Å². The Hall–Kier alpha value is -0.000000000000000111. The van der Waals surface area contributed by atoms with Crippen molar-refractivity contribution in [2.75, 3.05) is 11.5 Å². The van der Waals surface area contributed by atoms with Gasteiger partial charge >= 0.3 is 0 Å². The van der Waals surface area contributed by atoms with Crippen LogP contribution in [0.1, 0.15) is 18.0 Å². The summed E-state index contributed by atoms with van der Waals surface area (Å²) in [6, 6.07) is 8.94. The molecule has 1 aliphatic rings. The molecule has 3 nitrogen and oxygen atoms in total. The second-order valence-corrected chi connectivity index (χ2v) is 9.38. The summed E-state index contributed by atoms with van der Waals surface area (Å²) in [5, 5.41) is 1.87. The first-order chi connectivity index (χ1) is 8.78. The largest absolute Gasteiger partial charge is 0.333 e. The van der Waals surface area contributed by atoms with Crippen LogP contribution in [-0.4, -0.2) is 29.8 Å². The number of benzene rings is 1. The number of alkyl halides is 3. The zero-order valence-corrected chi connectivity index (χ0v) is 13.2. The predicted octanol–water partition coefficient (Wildman–Crippen LogP) is 1.85. The summed E-state index contributed by atoms with van der Waals surface area (Å²) in [5.41, 5.74) is 0.881. The summed E-state index contributed by atoms with van der Waals surface area (Å²) in [6.07, 6.45) is 0.604. The van der Waals surface area contributed by atoms with Gasteiger partial charge in [-0.25, -0.2) is 8.42 Å². The maximum atomic E-state index is 11.5. The topological polar surface area (TPSA) is 50.8 Å². The average molecular weight is 344 g/mol. The van der Waals surface area contributed by atoms with E-state index in [1.54, 1.807) is 0 Å². The Bertz CT molecular complexity index is 528. The van der Waals surface area contributed by atoms with Gasteiger partial charge in [-0.15, -0.1) is 0 Å². The Morgan fingerprint density at radius 2 is 1.84 bits per heavy atom. The molecule has 0 spiro atoms. The van der Waals surface area contributed by atoms with E-state index in [9.17, 15) is 8.42 Å². The number of rotatable bonds is 3. The number of quaternary nitrogens is 1. The number of hydrogen-bond donors (Lipinski definition) is 1. The zero-order valence-electron chi connectivity index (χ0n) is 10.1. The van der Waals surface area contributed by atoms with Crippen molar-refractivity contribution in [1.29, 1.82) is 0 Å². The molecule has 0 aromatic heterocycles. The normalized spacial score (nSPS) is 24.3. The van der Waals surface area contributed by atoms with Crippen molar-refractivity contribution in [2.24, 2.45) is 0 Å². The van der Waals surface area contributed by atoms with E-state index < -0.39 is 19.7 Å². The predicted molar refractivity (Wildman–Crippen MR) is 78.5 cm³/mol. The summed E-state index contributed by atoms with van der Waals surface area (Å²) in [4.78, 5) is 0. The molecule has 7 heteroatoms. The lowest BCUT2D eigenvalue weighted by molar-refractivity contribution is -0.722. The lowest BCUT2D eigenvalue weighted by Crippen LogP contribution is -2.93. The van der Waals surface area contributed by atoms with E-state index in [0.29, 0.717) is 6.42 Å². The Morgan fingerprint density at radius 1 is 1.21 bits per heavy atom. The van der Waals surface area contributed by atoms with Crippen LogP contribution in [0.15, 0.2) is 30.3 Å². The second kappa shape index (κ2) is 5.78. The van der Waals surface area contributed by atoms with E-state index in [1.807, 2.05) is 35.6 Å². The fourth-order valence-electron chi connectivity index (χ4n) is 2.32. The third kappa shape index (κ3) is 4.23. The van der Waals surface area contributed by atoms with Gasteiger partial charge in [0.25, 0.3) is 0 Å². The highest BCUT2D eigenvalue weighted by molar-refractivity contribution is 7.91. The standard InChI is InChI=1S/C12H14Cl3NO2S/c13-12(14,15)11(9-4-2-1-3-5-9)16-10-6-7-19(17,18)8-10/h1-5,10-11,16H,6-8H2/p+1/t10-,11-/m0/s1. The Morgan fingerprint density at radius 3 is 2.32 bits per heavy atom. The minimum absolute atomic E-state index is 0.0502. The number of halogens is 3. The molecule has 106 valence electrons. The van der Waals surface area contributed by atoms with Gasteiger partial charge in [-0.05, 0) is 0 Å². The van der Waals surface area contributed by atoms with Crippen molar-refractivity contribution < 1.29 is 13.7 Å². The zero-order chi connectivity index (χ0) is 14.1. The minimum atomic E-state index is -2.93. The molecule has 1 fully saturated rings. The maximum absolute atomic E-state index is 11.5. The van der Waals surface area contributed by atoms with Crippen LogP contribution in [0.2, 0.25) is 0 Å². The fourth-order valence-corrected chi connectivity index (χ4v) is 4.67. The summed E-state index contributed by atoms with van der Waals surface area (Å²) in [5.74, 6) is 0.368. The molecule has 2 rings (SSSR count). The molecule has 0 aliphatic carbocycles. The van der Waals surface area contributed by atoms with E-state index in [-0.39, 0.29) is 17.5 Å². The molecule has 1 saturated heterocycles. The summed E-state index contributed by atoms with van der Waals surface area (Å²) in [6.45, 7) is 0. The van der Waals surface area contributed by atoms with Gasteiger partial charge < -0.3 is 5.32 Å². The Labute approximate surface area is 128 Å². The molecule has 1 heterocycles. The summed E-state index contributed by atoms with van der Waals surface area (Å²) in [7, 11) is -2.93. The van der Waals surface area contributed by atoms with E-state index in [1.165, 1.54) is 0 Å².